The molecule has 1 rings (SSSR count). The summed E-state index contributed by atoms with van der Waals surface area (Å²) >= 11 is 0. The van der Waals surface area contributed by atoms with Gasteiger partial charge in [-0.25, -0.2) is 0 Å². The summed E-state index contributed by atoms with van der Waals surface area (Å²) in [5, 5.41) is 3.15. The summed E-state index contributed by atoms with van der Waals surface area (Å²) < 4.78 is 11.1. The van der Waals surface area contributed by atoms with Gasteiger partial charge in [0, 0.05) is 13.0 Å². The SMILES string of the molecule is CCCCCCCCCc1ccc(CNC(CC)[P+](=O)O)cc1. The van der Waals surface area contributed by atoms with Crippen LogP contribution in [0.2, 0.25) is 0 Å². The van der Waals surface area contributed by atoms with Crippen molar-refractivity contribution >= 4 is 8.03 Å². The fraction of sp³-hybridized carbons (Fsp3) is 0.684. The highest BCUT2D eigenvalue weighted by Crippen LogP contribution is 2.22. The van der Waals surface area contributed by atoms with Crippen molar-refractivity contribution in [2.75, 3.05) is 0 Å². The van der Waals surface area contributed by atoms with Crippen molar-refractivity contribution in [3.63, 3.8) is 0 Å². The standard InChI is InChI=1S/C19H32NO2P/c1-3-5-6-7-8-9-10-11-17-12-14-18(15-13-17)16-20-19(4-2)23(21)22/h12-15,19-20H,3-11,16H2,1-2H3/p+1. The van der Waals surface area contributed by atoms with Crippen LogP contribution in [0, 0.1) is 0 Å². The van der Waals surface area contributed by atoms with Crippen LogP contribution in [0.25, 0.3) is 0 Å². The lowest BCUT2D eigenvalue weighted by atomic mass is 10.0. The van der Waals surface area contributed by atoms with Crippen molar-refractivity contribution in [1.29, 1.82) is 0 Å². The minimum atomic E-state index is -2.14. The predicted octanol–water partition coefficient (Wildman–Crippen LogP) is 5.54. The lowest BCUT2D eigenvalue weighted by Gasteiger charge is -2.07. The van der Waals surface area contributed by atoms with Crippen molar-refractivity contribution in [1.82, 2.24) is 5.32 Å². The van der Waals surface area contributed by atoms with Gasteiger partial charge in [0.15, 0.2) is 0 Å². The van der Waals surface area contributed by atoms with Crippen LogP contribution in [0.5, 0.6) is 0 Å². The molecule has 0 aliphatic carbocycles. The maximum absolute atomic E-state index is 11.1. The highest BCUT2D eigenvalue weighted by Gasteiger charge is 2.25. The summed E-state index contributed by atoms with van der Waals surface area (Å²) in [7, 11) is -2.14. The lowest BCUT2D eigenvalue weighted by Crippen LogP contribution is -2.24. The molecule has 0 spiro atoms. The van der Waals surface area contributed by atoms with E-state index in [1.54, 1.807) is 0 Å². The van der Waals surface area contributed by atoms with Crippen molar-refractivity contribution in [3.05, 3.63) is 35.4 Å². The van der Waals surface area contributed by atoms with Gasteiger partial charge in [-0.1, -0.05) is 76.6 Å². The molecule has 0 aliphatic heterocycles. The van der Waals surface area contributed by atoms with Gasteiger partial charge in [-0.2, -0.15) is 4.89 Å². The van der Waals surface area contributed by atoms with E-state index >= 15 is 0 Å². The molecule has 0 heterocycles. The molecule has 1 aromatic carbocycles. The van der Waals surface area contributed by atoms with Crippen LogP contribution in [-0.4, -0.2) is 10.7 Å². The van der Waals surface area contributed by atoms with Gasteiger partial charge in [0.25, 0.3) is 0 Å². The average Bonchev–Trinajstić information content (AvgIpc) is 2.55. The fourth-order valence-electron chi connectivity index (χ4n) is 2.72. The van der Waals surface area contributed by atoms with E-state index < -0.39 is 8.03 Å². The molecule has 4 heteroatoms. The number of unbranched alkanes of at least 4 members (excludes halogenated alkanes) is 6. The summed E-state index contributed by atoms with van der Waals surface area (Å²) in [5.41, 5.74) is 2.56. The molecule has 0 bridgehead atoms. The smallest absolute Gasteiger partial charge is 0.267 e. The summed E-state index contributed by atoms with van der Waals surface area (Å²) in [5.74, 6) is -0.308. The molecule has 2 N–H and O–H groups in total. The number of rotatable bonds is 13. The summed E-state index contributed by atoms with van der Waals surface area (Å²) in [6.45, 7) is 4.83. The molecular formula is C19H33NO2P+. The van der Waals surface area contributed by atoms with Gasteiger partial charge in [-0.3, -0.25) is 5.32 Å². The molecule has 0 aliphatic rings. The normalized spacial score (nSPS) is 13.1. The van der Waals surface area contributed by atoms with Crippen LogP contribution in [0.1, 0.15) is 76.3 Å². The van der Waals surface area contributed by atoms with Crippen LogP contribution in [0.4, 0.5) is 0 Å². The molecule has 0 saturated heterocycles. The van der Waals surface area contributed by atoms with Crippen molar-refractivity contribution in [2.24, 2.45) is 0 Å². The van der Waals surface area contributed by atoms with Crippen LogP contribution in [0.3, 0.4) is 0 Å². The molecule has 1 aromatic rings. The number of aryl methyl sites for hydroxylation is 1. The third kappa shape index (κ3) is 9.20. The molecule has 0 amide bonds. The van der Waals surface area contributed by atoms with Gasteiger partial charge < -0.3 is 0 Å². The first-order valence-electron chi connectivity index (χ1n) is 9.13. The minimum absolute atomic E-state index is 0.308. The van der Waals surface area contributed by atoms with E-state index in [0.29, 0.717) is 13.0 Å². The van der Waals surface area contributed by atoms with E-state index in [2.05, 4.69) is 36.5 Å². The molecule has 2 unspecified atom stereocenters. The van der Waals surface area contributed by atoms with Gasteiger partial charge >= 0.3 is 8.03 Å². The number of hydrogen-bond donors (Lipinski definition) is 2. The molecule has 2 atom stereocenters. The quantitative estimate of drug-likeness (QED) is 0.367. The average molecular weight is 338 g/mol. The van der Waals surface area contributed by atoms with Crippen molar-refractivity contribution in [3.8, 4) is 0 Å². The first-order chi connectivity index (χ1) is 11.2. The highest BCUT2D eigenvalue weighted by atomic mass is 31.1. The molecule has 0 fully saturated rings. The second-order valence-corrected chi connectivity index (χ2v) is 7.52. The molecule has 23 heavy (non-hydrogen) atoms. The van der Waals surface area contributed by atoms with E-state index in [1.165, 1.54) is 56.1 Å². The Balaban J connectivity index is 2.21. The molecule has 0 aromatic heterocycles. The first-order valence-corrected chi connectivity index (χ1v) is 10.4. The Morgan fingerprint density at radius 3 is 2.09 bits per heavy atom. The second kappa shape index (κ2) is 12.6. The van der Waals surface area contributed by atoms with E-state index in [0.717, 1.165) is 6.42 Å². The number of nitrogens with one attached hydrogen (secondary N) is 1. The van der Waals surface area contributed by atoms with Crippen LogP contribution in [0.15, 0.2) is 24.3 Å². The van der Waals surface area contributed by atoms with Crippen LogP contribution >= 0.6 is 8.03 Å². The number of benzene rings is 1. The largest absolute Gasteiger partial charge is 0.524 e. The lowest BCUT2D eigenvalue weighted by molar-refractivity contribution is 0.466. The van der Waals surface area contributed by atoms with Gasteiger partial charge in [0.1, 0.15) is 0 Å². The maximum Gasteiger partial charge on any atom is 0.524 e. The Bertz CT molecular complexity index is 434. The third-order valence-electron chi connectivity index (χ3n) is 4.29. The highest BCUT2D eigenvalue weighted by molar-refractivity contribution is 7.38. The zero-order valence-corrected chi connectivity index (χ0v) is 15.7. The van der Waals surface area contributed by atoms with E-state index in [-0.39, 0.29) is 5.78 Å². The van der Waals surface area contributed by atoms with Crippen molar-refractivity contribution < 1.29 is 9.46 Å². The number of hydrogen-bond acceptors (Lipinski definition) is 2. The first kappa shape index (κ1) is 20.3. The molecular weight excluding hydrogens is 305 g/mol. The Morgan fingerprint density at radius 1 is 0.957 bits per heavy atom. The summed E-state index contributed by atoms with van der Waals surface area (Å²) in [6.07, 6.45) is 11.2. The second-order valence-electron chi connectivity index (χ2n) is 6.30. The molecule has 0 radical (unpaired) electrons. The van der Waals surface area contributed by atoms with Crippen molar-refractivity contribution in [2.45, 2.75) is 84.0 Å². The Hall–Kier alpha value is -0.760. The minimum Gasteiger partial charge on any atom is -0.267 e. The summed E-state index contributed by atoms with van der Waals surface area (Å²) in [6, 6.07) is 8.63. The van der Waals surface area contributed by atoms with Gasteiger partial charge in [0.05, 0.1) is 0 Å². The van der Waals surface area contributed by atoms with Gasteiger partial charge in [0.2, 0.25) is 5.78 Å². The molecule has 130 valence electrons. The third-order valence-corrected chi connectivity index (χ3v) is 5.37. The van der Waals surface area contributed by atoms with Gasteiger partial charge in [-0.15, -0.1) is 0 Å². The van der Waals surface area contributed by atoms with E-state index in [4.69, 9.17) is 4.89 Å². The molecule has 3 nitrogen and oxygen atoms in total. The fourth-order valence-corrected chi connectivity index (χ4v) is 3.28. The Kier molecular flexibility index (Phi) is 11.1. The van der Waals surface area contributed by atoms with Crippen LogP contribution < -0.4 is 5.32 Å². The topological polar surface area (TPSA) is 49.3 Å². The summed E-state index contributed by atoms with van der Waals surface area (Å²) in [4.78, 5) is 9.17. The van der Waals surface area contributed by atoms with E-state index in [9.17, 15) is 4.57 Å². The monoisotopic (exact) mass is 338 g/mol. The Morgan fingerprint density at radius 2 is 1.52 bits per heavy atom. The predicted molar refractivity (Wildman–Crippen MR) is 98.9 cm³/mol. The zero-order valence-electron chi connectivity index (χ0n) is 14.8. The maximum atomic E-state index is 11.1. The zero-order chi connectivity index (χ0) is 16.9. The molecule has 0 saturated carbocycles. The van der Waals surface area contributed by atoms with Crippen LogP contribution in [-0.2, 0) is 17.5 Å². The van der Waals surface area contributed by atoms with Gasteiger partial charge in [-0.05, 0) is 28.5 Å². The van der Waals surface area contributed by atoms with E-state index in [1.807, 2.05) is 6.92 Å². The Labute approximate surface area is 142 Å².